The fourth-order valence-electron chi connectivity index (χ4n) is 13.5. The molecule has 6 heterocycles. The lowest BCUT2D eigenvalue weighted by atomic mass is 9.97. The molecule has 528 valence electrons. The summed E-state index contributed by atoms with van der Waals surface area (Å²) in [5.41, 5.74) is 41.6. The van der Waals surface area contributed by atoms with Crippen LogP contribution in [-0.2, 0) is 42.3 Å². The Labute approximate surface area is 628 Å². The lowest BCUT2D eigenvalue weighted by Crippen LogP contribution is -2.35. The zero-order valence-corrected chi connectivity index (χ0v) is 66.5. The number of aryl methyl sites for hydroxylation is 21. The maximum atomic E-state index is 7.65. The van der Waals surface area contributed by atoms with Crippen molar-refractivity contribution >= 4 is 0 Å². The highest BCUT2D eigenvalue weighted by Crippen LogP contribution is 2.31. The minimum atomic E-state index is -2.10. The summed E-state index contributed by atoms with van der Waals surface area (Å²) >= 11 is 0. The van der Waals surface area contributed by atoms with Crippen LogP contribution in [0.4, 0.5) is 0 Å². The van der Waals surface area contributed by atoms with E-state index in [-0.39, 0.29) is 0 Å². The number of rotatable bonds is 6. The predicted octanol–water partition coefficient (Wildman–Crippen LogP) is 20.5. The summed E-state index contributed by atoms with van der Waals surface area (Å²) in [4.78, 5) is 0. The van der Waals surface area contributed by atoms with Crippen molar-refractivity contribution in [3.63, 3.8) is 0 Å². The van der Waals surface area contributed by atoms with Crippen LogP contribution >= 0.6 is 0 Å². The maximum Gasteiger partial charge on any atom is 0.215 e. The Hall–Kier alpha value is -9.78. The summed E-state index contributed by atoms with van der Waals surface area (Å²) in [5.74, 6) is 0. The first kappa shape index (κ1) is 66.8. The average Bonchev–Trinajstić information content (AvgIpc) is 0.787. The third-order valence-electron chi connectivity index (χ3n) is 20.9. The molecule has 6 heteroatoms. The minimum Gasteiger partial charge on any atom is -0.201 e. The molecule has 0 unspecified atom stereocenters. The molecule has 6 aromatic carbocycles. The van der Waals surface area contributed by atoms with E-state index >= 15 is 0 Å². The van der Waals surface area contributed by atoms with Gasteiger partial charge in [0, 0.05) is 144 Å². The van der Waals surface area contributed by atoms with Crippen LogP contribution in [0.1, 0.15) is 147 Å². The SMILES string of the molecule is Cc1ccc(-c2c(C)ccc(C)[n+]2C)c(C)c1.Cc1cccc(-c2c(C)ccc(C)[n+]2C)c1C.Cc1cccc(-c2c(C)ccc(C)[n+]2C)c1C.[2H]C([2H])([2H])c1c[n+](C)c(-c2c(C)cccc2C)cc1C.[2H]C([2H])([2H])c1ccc(C)c(-c2cccc(C)c2C)[n+]1C.[2H]C([2H])([2H])c1ccc(C)c(-c2cccc(C)c2C)[n+]1C. The van der Waals surface area contributed by atoms with Crippen molar-refractivity contribution < 1.29 is 39.7 Å². The van der Waals surface area contributed by atoms with E-state index in [1.165, 1.54) is 140 Å². The highest BCUT2D eigenvalue weighted by atomic mass is 15.0. The first-order valence-corrected chi connectivity index (χ1v) is 35.5. The molecule has 6 nitrogen and oxygen atoms in total. The Kier molecular flexibility index (Phi) is 22.7. The lowest BCUT2D eigenvalue weighted by Gasteiger charge is -2.10. The molecule has 102 heavy (non-hydrogen) atoms. The van der Waals surface area contributed by atoms with E-state index in [0.29, 0.717) is 17.0 Å². The first-order chi connectivity index (χ1) is 51.7. The number of hydrogen-bond acceptors (Lipinski definition) is 0. The second-order valence-electron chi connectivity index (χ2n) is 28.3. The van der Waals surface area contributed by atoms with E-state index in [2.05, 4.69) is 275 Å². The summed E-state index contributed by atoms with van der Waals surface area (Å²) in [6, 6.07) is 60.4. The van der Waals surface area contributed by atoms with Crippen LogP contribution in [0.3, 0.4) is 0 Å². The van der Waals surface area contributed by atoms with Gasteiger partial charge < -0.3 is 0 Å². The molecule has 6 aromatic heterocycles. The monoisotopic (exact) mass is 1370 g/mol. The molecule has 0 aliphatic rings. The molecule has 0 radical (unpaired) electrons. The molecule has 0 amide bonds. The molecule has 0 fully saturated rings. The fraction of sp³-hybridized carbons (Fsp3) is 0.312. The van der Waals surface area contributed by atoms with Gasteiger partial charge in [-0.2, -0.15) is 22.8 Å². The Morgan fingerprint density at radius 1 is 0.225 bits per heavy atom. The largest absolute Gasteiger partial charge is 0.215 e. The molecule has 0 saturated heterocycles. The highest BCUT2D eigenvalue weighted by molar-refractivity contribution is 5.70. The normalized spacial score (nSPS) is 12.3. The fourth-order valence-corrected chi connectivity index (χ4v) is 13.5. The van der Waals surface area contributed by atoms with Gasteiger partial charge in [-0.1, -0.05) is 84.4 Å². The third kappa shape index (κ3) is 18.3. The minimum absolute atomic E-state index is 0.360. The van der Waals surface area contributed by atoms with Gasteiger partial charge in [-0.05, 0) is 259 Å². The van der Waals surface area contributed by atoms with E-state index in [0.717, 1.165) is 44.9 Å². The molecule has 0 saturated carbocycles. The van der Waals surface area contributed by atoms with Gasteiger partial charge in [0.25, 0.3) is 0 Å². The van der Waals surface area contributed by atoms with Crippen molar-refractivity contribution in [3.8, 4) is 67.5 Å². The molecule has 0 aliphatic heterocycles. The van der Waals surface area contributed by atoms with E-state index in [4.69, 9.17) is 12.3 Å². The summed E-state index contributed by atoms with van der Waals surface area (Å²) in [6.07, 6.45) is 1.73. The molecule has 0 spiro atoms. The molecule has 12 rings (SSSR count). The van der Waals surface area contributed by atoms with E-state index < -0.39 is 20.6 Å². The van der Waals surface area contributed by atoms with Gasteiger partial charge in [-0.25, -0.2) is 4.57 Å². The number of nitrogens with zero attached hydrogens (tertiary/aromatic N) is 6. The summed E-state index contributed by atoms with van der Waals surface area (Å²) in [7, 11) is 12.0. The van der Waals surface area contributed by atoms with Gasteiger partial charge in [-0.3, -0.25) is 0 Å². The summed E-state index contributed by atoms with van der Waals surface area (Å²) < 4.78 is 81.0. The predicted molar refractivity (Wildman–Crippen MR) is 432 cm³/mol. The van der Waals surface area contributed by atoms with Crippen molar-refractivity contribution in [3.05, 3.63) is 316 Å². The van der Waals surface area contributed by atoms with Gasteiger partial charge in [0.05, 0.1) is 5.56 Å². The second-order valence-corrected chi connectivity index (χ2v) is 28.3. The van der Waals surface area contributed by atoms with Crippen molar-refractivity contribution in [2.45, 2.75) is 166 Å². The standard InChI is InChI=1S/6C16H20N/c1-11-6-9-15(13(3)10-11)16-12(2)7-8-14(4)17(16)5;1-11-7-6-8-12(2)16(11)15-9-13(3)14(4)10-17(15)5;4*1-11-7-6-8-15(14(11)4)16-12(2)9-10-13(3)17(16)5/h6*6-10H,1-5H3/q6*+1/i;4D3;2*3D3;;. The third-order valence-corrected chi connectivity index (χ3v) is 20.9. The van der Waals surface area contributed by atoms with E-state index in [1.807, 2.05) is 95.0 Å². The van der Waals surface area contributed by atoms with Crippen LogP contribution in [0.2, 0.25) is 0 Å². The smallest absolute Gasteiger partial charge is 0.201 e. The Balaban J connectivity index is 0.000000185. The number of hydrogen-bond donors (Lipinski definition) is 0. The summed E-state index contributed by atoms with van der Waals surface area (Å²) in [6.45, 7) is 38.1. The van der Waals surface area contributed by atoms with Crippen molar-refractivity contribution in [2.75, 3.05) is 0 Å². The Morgan fingerprint density at radius 3 is 0.814 bits per heavy atom. The van der Waals surface area contributed by atoms with E-state index in [1.54, 1.807) is 27.5 Å². The average molecular weight is 1370 g/mol. The van der Waals surface area contributed by atoms with Crippen molar-refractivity contribution in [2.24, 2.45) is 42.3 Å². The molecular formula is C96H120N6+6. The van der Waals surface area contributed by atoms with Crippen LogP contribution in [0, 0.1) is 166 Å². The Bertz CT molecular complexity index is 5160. The molecule has 0 aliphatic carbocycles. The lowest BCUT2D eigenvalue weighted by molar-refractivity contribution is -0.667. The Morgan fingerprint density at radius 2 is 0.510 bits per heavy atom. The van der Waals surface area contributed by atoms with Crippen LogP contribution in [-0.4, -0.2) is 0 Å². The van der Waals surface area contributed by atoms with Crippen molar-refractivity contribution in [1.82, 2.24) is 0 Å². The van der Waals surface area contributed by atoms with Crippen molar-refractivity contribution in [1.29, 1.82) is 0 Å². The van der Waals surface area contributed by atoms with Gasteiger partial charge in [0.2, 0.25) is 34.2 Å². The summed E-state index contributed by atoms with van der Waals surface area (Å²) in [5, 5.41) is 0. The van der Waals surface area contributed by atoms with Gasteiger partial charge in [0.1, 0.15) is 42.3 Å². The first-order valence-electron chi connectivity index (χ1n) is 40.0. The van der Waals surface area contributed by atoms with Gasteiger partial charge in [0.15, 0.2) is 34.7 Å². The molecular weight excluding hydrogens is 1240 g/mol. The number of aromatic nitrogens is 6. The topological polar surface area (TPSA) is 23.3 Å². The highest BCUT2D eigenvalue weighted by Gasteiger charge is 2.24. The van der Waals surface area contributed by atoms with Crippen LogP contribution in [0.5, 0.6) is 0 Å². The quantitative estimate of drug-likeness (QED) is 0.148. The van der Waals surface area contributed by atoms with Crippen LogP contribution in [0.15, 0.2) is 182 Å². The number of benzene rings is 6. The zero-order valence-electron chi connectivity index (χ0n) is 75.5. The molecule has 0 bridgehead atoms. The molecule has 0 atom stereocenters. The molecule has 12 aromatic rings. The zero-order chi connectivity index (χ0) is 83.0. The molecule has 0 N–H and O–H groups in total. The second kappa shape index (κ2) is 34.7. The maximum absolute atomic E-state index is 7.65. The van der Waals surface area contributed by atoms with Crippen LogP contribution < -0.4 is 27.4 Å². The van der Waals surface area contributed by atoms with Crippen LogP contribution in [0.25, 0.3) is 67.5 Å². The van der Waals surface area contributed by atoms with Gasteiger partial charge >= 0.3 is 0 Å². The van der Waals surface area contributed by atoms with E-state index in [9.17, 15) is 0 Å². The van der Waals surface area contributed by atoms with Gasteiger partial charge in [-0.15, -0.1) is 0 Å². The number of pyridine rings is 6.